The lowest BCUT2D eigenvalue weighted by molar-refractivity contribution is 0.423. The van der Waals surface area contributed by atoms with Crippen LogP contribution in [0.2, 0.25) is 0 Å². The Hall–Kier alpha value is -0.0800. The molecule has 2 heterocycles. The summed E-state index contributed by atoms with van der Waals surface area (Å²) >= 11 is 0. The highest BCUT2D eigenvalue weighted by Crippen LogP contribution is 2.24. The quantitative estimate of drug-likeness (QED) is 0.480. The number of hydrogen-bond donors (Lipinski definition) is 2. The van der Waals surface area contributed by atoms with Crippen molar-refractivity contribution in [3.05, 3.63) is 6.04 Å². The van der Waals surface area contributed by atoms with Crippen molar-refractivity contribution in [2.24, 2.45) is 5.92 Å². The van der Waals surface area contributed by atoms with Crippen LogP contribution in [0.25, 0.3) is 0 Å². The second-order valence-corrected chi connectivity index (χ2v) is 2.92. The third-order valence-electron chi connectivity index (χ3n) is 2.28. The molecule has 2 fully saturated rings. The number of piperidine rings is 1. The van der Waals surface area contributed by atoms with Crippen LogP contribution in [0.4, 0.5) is 0 Å². The van der Waals surface area contributed by atoms with E-state index in [1.807, 2.05) is 0 Å². The summed E-state index contributed by atoms with van der Waals surface area (Å²) in [6, 6.07) is 1.56. The summed E-state index contributed by atoms with van der Waals surface area (Å²) in [5.74, 6) is 0.860. The first-order chi connectivity index (χ1) is 4.47. The van der Waals surface area contributed by atoms with Crippen molar-refractivity contribution in [3.63, 3.8) is 0 Å². The molecule has 0 aromatic heterocycles. The van der Waals surface area contributed by atoms with Crippen LogP contribution in [0.15, 0.2) is 0 Å². The molecule has 1 radical (unpaired) electrons. The summed E-state index contributed by atoms with van der Waals surface area (Å²) < 4.78 is 0. The molecule has 0 amide bonds. The fourth-order valence-corrected chi connectivity index (χ4v) is 1.73. The minimum Gasteiger partial charge on any atom is -0.314 e. The van der Waals surface area contributed by atoms with Gasteiger partial charge in [0.25, 0.3) is 0 Å². The summed E-state index contributed by atoms with van der Waals surface area (Å²) in [5, 5.41) is 6.80. The van der Waals surface area contributed by atoms with Gasteiger partial charge in [-0.2, -0.15) is 0 Å². The molecule has 0 saturated carbocycles. The van der Waals surface area contributed by atoms with Crippen molar-refractivity contribution < 1.29 is 0 Å². The van der Waals surface area contributed by atoms with Crippen molar-refractivity contribution in [2.75, 3.05) is 19.6 Å². The van der Waals surface area contributed by atoms with Crippen LogP contribution in [0, 0.1) is 12.0 Å². The van der Waals surface area contributed by atoms with E-state index in [0.29, 0.717) is 0 Å². The van der Waals surface area contributed by atoms with Crippen LogP contribution in [0.5, 0.6) is 0 Å². The Bertz CT molecular complexity index is 91.1. The Kier molecular flexibility index (Phi) is 1.44. The van der Waals surface area contributed by atoms with E-state index in [1.165, 1.54) is 25.9 Å². The van der Waals surface area contributed by atoms with E-state index in [1.54, 1.807) is 6.04 Å². The maximum atomic E-state index is 3.44. The number of fused-ring (bicyclic) bond motifs is 1. The highest BCUT2D eigenvalue weighted by Gasteiger charge is 2.29. The molecule has 0 spiro atoms. The van der Waals surface area contributed by atoms with Crippen molar-refractivity contribution in [3.8, 4) is 0 Å². The zero-order chi connectivity index (χ0) is 6.10. The topological polar surface area (TPSA) is 24.1 Å². The highest BCUT2D eigenvalue weighted by atomic mass is 15.0. The number of hydrogen-bond acceptors (Lipinski definition) is 2. The molecule has 0 aromatic carbocycles. The van der Waals surface area contributed by atoms with Gasteiger partial charge in [0.15, 0.2) is 0 Å². The van der Waals surface area contributed by atoms with E-state index in [9.17, 15) is 0 Å². The summed E-state index contributed by atoms with van der Waals surface area (Å²) in [7, 11) is 0. The summed E-state index contributed by atoms with van der Waals surface area (Å²) in [4.78, 5) is 0. The first kappa shape index (κ1) is 5.69. The highest BCUT2D eigenvalue weighted by molar-refractivity contribution is 5.04. The van der Waals surface area contributed by atoms with E-state index in [0.717, 1.165) is 12.5 Å². The van der Waals surface area contributed by atoms with E-state index in [4.69, 9.17) is 0 Å². The molecule has 9 heavy (non-hydrogen) atoms. The van der Waals surface area contributed by atoms with E-state index < -0.39 is 0 Å². The lowest BCUT2D eigenvalue weighted by Gasteiger charge is -2.24. The maximum Gasteiger partial charge on any atom is 0.0546 e. The molecular weight excluding hydrogens is 112 g/mol. The third-order valence-corrected chi connectivity index (χ3v) is 2.28. The van der Waals surface area contributed by atoms with Crippen LogP contribution >= 0.6 is 0 Å². The van der Waals surface area contributed by atoms with E-state index in [-0.39, 0.29) is 0 Å². The molecule has 0 aromatic rings. The standard InChI is InChI=1S/C7H13N2/c1-2-6-4-8-5-7(6)9-3-1/h6,8-9H,1-5H2/t6-/m0/s1. The Morgan fingerprint density at radius 2 is 2.44 bits per heavy atom. The second-order valence-electron chi connectivity index (χ2n) is 2.92. The van der Waals surface area contributed by atoms with Crippen LogP contribution in [0.3, 0.4) is 0 Å². The van der Waals surface area contributed by atoms with E-state index >= 15 is 0 Å². The number of rotatable bonds is 0. The Balaban J connectivity index is 1.97. The first-order valence-electron chi connectivity index (χ1n) is 3.77. The van der Waals surface area contributed by atoms with Crippen LogP contribution in [-0.2, 0) is 0 Å². The molecule has 2 aliphatic rings. The average molecular weight is 125 g/mol. The minimum absolute atomic E-state index is 0.860. The van der Waals surface area contributed by atoms with Crippen molar-refractivity contribution in [2.45, 2.75) is 12.8 Å². The molecule has 2 rings (SSSR count). The van der Waals surface area contributed by atoms with Gasteiger partial charge in [0, 0.05) is 6.54 Å². The Morgan fingerprint density at radius 1 is 1.44 bits per heavy atom. The summed E-state index contributed by atoms with van der Waals surface area (Å²) in [5.41, 5.74) is 0. The van der Waals surface area contributed by atoms with Gasteiger partial charge in [0.1, 0.15) is 0 Å². The fraction of sp³-hybridized carbons (Fsp3) is 0.857. The Morgan fingerprint density at radius 3 is 3.33 bits per heavy atom. The van der Waals surface area contributed by atoms with Gasteiger partial charge in [-0.3, -0.25) is 0 Å². The van der Waals surface area contributed by atoms with Gasteiger partial charge in [-0.1, -0.05) is 0 Å². The van der Waals surface area contributed by atoms with Crippen LogP contribution < -0.4 is 10.6 Å². The SMILES string of the molecule is C1CN[C]2CNC[C@@H]2C1. The van der Waals surface area contributed by atoms with Crippen molar-refractivity contribution in [1.29, 1.82) is 0 Å². The zero-order valence-corrected chi connectivity index (χ0v) is 5.61. The summed E-state index contributed by atoms with van der Waals surface area (Å²) in [6.07, 6.45) is 2.76. The average Bonchev–Trinajstić information content (AvgIpc) is 2.33. The van der Waals surface area contributed by atoms with Crippen LogP contribution in [-0.4, -0.2) is 19.6 Å². The predicted molar refractivity (Wildman–Crippen MR) is 36.8 cm³/mol. The van der Waals surface area contributed by atoms with Gasteiger partial charge in [-0.05, 0) is 31.8 Å². The predicted octanol–water partition coefficient (Wildman–Crippen LogP) is 0.121. The molecule has 51 valence electrons. The third kappa shape index (κ3) is 0.970. The smallest absolute Gasteiger partial charge is 0.0546 e. The molecule has 0 unspecified atom stereocenters. The summed E-state index contributed by atoms with van der Waals surface area (Å²) in [6.45, 7) is 3.53. The molecule has 2 heteroatoms. The lowest BCUT2D eigenvalue weighted by atomic mass is 9.94. The second kappa shape index (κ2) is 2.27. The maximum absolute atomic E-state index is 3.44. The Labute approximate surface area is 56.0 Å². The molecule has 2 nitrogen and oxygen atoms in total. The van der Waals surface area contributed by atoms with E-state index in [2.05, 4.69) is 10.6 Å². The largest absolute Gasteiger partial charge is 0.314 e. The minimum atomic E-state index is 0.860. The van der Waals surface area contributed by atoms with Gasteiger partial charge in [-0.25, -0.2) is 0 Å². The monoisotopic (exact) mass is 125 g/mol. The lowest BCUT2D eigenvalue weighted by Crippen LogP contribution is -2.33. The van der Waals surface area contributed by atoms with Crippen molar-refractivity contribution >= 4 is 0 Å². The molecule has 0 aliphatic carbocycles. The molecule has 2 saturated heterocycles. The van der Waals surface area contributed by atoms with Gasteiger partial charge in [-0.15, -0.1) is 0 Å². The van der Waals surface area contributed by atoms with Gasteiger partial charge in [0.05, 0.1) is 6.04 Å². The molecule has 2 N–H and O–H groups in total. The van der Waals surface area contributed by atoms with Crippen molar-refractivity contribution in [1.82, 2.24) is 10.6 Å². The first-order valence-corrected chi connectivity index (χ1v) is 3.77. The van der Waals surface area contributed by atoms with Gasteiger partial charge < -0.3 is 10.6 Å². The number of nitrogens with one attached hydrogen (secondary N) is 2. The molecule has 0 bridgehead atoms. The molecule has 1 atom stereocenters. The normalized spacial score (nSPS) is 36.7. The fourth-order valence-electron chi connectivity index (χ4n) is 1.73. The van der Waals surface area contributed by atoms with Crippen LogP contribution in [0.1, 0.15) is 12.8 Å². The van der Waals surface area contributed by atoms with Gasteiger partial charge in [0.2, 0.25) is 0 Å². The molecular formula is C7H13N2. The van der Waals surface area contributed by atoms with Gasteiger partial charge >= 0.3 is 0 Å². The zero-order valence-electron chi connectivity index (χ0n) is 5.61. The molecule has 2 aliphatic heterocycles.